The van der Waals surface area contributed by atoms with Crippen molar-refractivity contribution in [2.75, 3.05) is 5.32 Å². The van der Waals surface area contributed by atoms with E-state index < -0.39 is 0 Å². The molecule has 1 atom stereocenters. The van der Waals surface area contributed by atoms with Gasteiger partial charge < -0.3 is 10.1 Å². The van der Waals surface area contributed by atoms with Gasteiger partial charge in [-0.1, -0.05) is 36.4 Å². The van der Waals surface area contributed by atoms with Gasteiger partial charge in [0.25, 0.3) is 0 Å². The topological polar surface area (TPSA) is 38.3 Å². The summed E-state index contributed by atoms with van der Waals surface area (Å²) >= 11 is 0. The number of fused-ring (bicyclic) bond motifs is 1. The van der Waals surface area contributed by atoms with E-state index in [2.05, 4.69) is 11.4 Å². The summed E-state index contributed by atoms with van der Waals surface area (Å²) in [6.45, 7) is 3.95. The Labute approximate surface area is 136 Å². The number of ether oxygens (including phenoxy) is 1. The van der Waals surface area contributed by atoms with E-state index in [4.69, 9.17) is 4.74 Å². The Kier molecular flexibility index (Phi) is 4.29. The van der Waals surface area contributed by atoms with E-state index in [9.17, 15) is 4.79 Å². The number of amides is 1. The minimum Gasteiger partial charge on any atom is -0.485 e. The molecule has 3 rings (SSSR count). The summed E-state index contributed by atoms with van der Waals surface area (Å²) in [5.41, 5.74) is 3.87. The van der Waals surface area contributed by atoms with E-state index in [0.29, 0.717) is 0 Å². The van der Waals surface area contributed by atoms with Crippen molar-refractivity contribution in [1.82, 2.24) is 0 Å². The molecule has 0 saturated carbocycles. The molecule has 116 valence electrons. The number of aryl methyl sites for hydroxylation is 1. The van der Waals surface area contributed by atoms with Gasteiger partial charge in [0.2, 0.25) is 5.91 Å². The first-order valence-electron chi connectivity index (χ1n) is 7.65. The summed E-state index contributed by atoms with van der Waals surface area (Å²) in [6.07, 6.45) is 5.34. The molecule has 1 heterocycles. The number of carbonyl (C=O) groups excluding carboxylic acids is 1. The fourth-order valence-corrected chi connectivity index (χ4v) is 2.51. The maximum atomic E-state index is 12.1. The van der Waals surface area contributed by atoms with Crippen molar-refractivity contribution < 1.29 is 9.53 Å². The Morgan fingerprint density at radius 2 is 1.87 bits per heavy atom. The van der Waals surface area contributed by atoms with Crippen LogP contribution in [-0.4, -0.2) is 12.0 Å². The van der Waals surface area contributed by atoms with Crippen LogP contribution in [0.1, 0.15) is 18.1 Å². The number of hydrogen-bond donors (Lipinski definition) is 1. The van der Waals surface area contributed by atoms with Crippen LogP contribution in [-0.2, 0) is 4.79 Å². The monoisotopic (exact) mass is 305 g/mol. The third-order valence-electron chi connectivity index (χ3n) is 3.84. The first-order chi connectivity index (χ1) is 11.1. The van der Waals surface area contributed by atoms with Gasteiger partial charge >= 0.3 is 0 Å². The SMILES string of the molecule is Cc1ccccc1NC(=O)/C=C/C1=Cc2ccccc2OC1C. The second-order valence-electron chi connectivity index (χ2n) is 5.58. The highest BCUT2D eigenvalue weighted by molar-refractivity contribution is 6.00. The van der Waals surface area contributed by atoms with Gasteiger partial charge in [-0.05, 0) is 49.3 Å². The van der Waals surface area contributed by atoms with Gasteiger partial charge in [0, 0.05) is 17.3 Å². The molecular weight excluding hydrogens is 286 g/mol. The lowest BCUT2D eigenvalue weighted by Crippen LogP contribution is -2.18. The molecule has 1 N–H and O–H groups in total. The molecule has 3 nitrogen and oxygen atoms in total. The van der Waals surface area contributed by atoms with Crippen molar-refractivity contribution >= 4 is 17.7 Å². The van der Waals surface area contributed by atoms with Gasteiger partial charge in [-0.2, -0.15) is 0 Å². The summed E-state index contributed by atoms with van der Waals surface area (Å²) in [5.74, 6) is 0.729. The second-order valence-corrected chi connectivity index (χ2v) is 5.58. The van der Waals surface area contributed by atoms with Crippen LogP contribution in [0.5, 0.6) is 5.75 Å². The van der Waals surface area contributed by atoms with E-state index in [0.717, 1.165) is 28.1 Å². The molecular formula is C20H19NO2. The van der Waals surface area contributed by atoms with Crippen LogP contribution < -0.4 is 10.1 Å². The summed E-state index contributed by atoms with van der Waals surface area (Å²) in [6, 6.07) is 15.6. The first kappa shape index (κ1) is 15.1. The number of para-hydroxylation sites is 2. The summed E-state index contributed by atoms with van der Waals surface area (Å²) < 4.78 is 5.86. The van der Waals surface area contributed by atoms with E-state index in [-0.39, 0.29) is 12.0 Å². The van der Waals surface area contributed by atoms with Crippen LogP contribution >= 0.6 is 0 Å². The van der Waals surface area contributed by atoms with E-state index in [1.165, 1.54) is 0 Å². The van der Waals surface area contributed by atoms with Crippen LogP contribution in [0.25, 0.3) is 6.08 Å². The van der Waals surface area contributed by atoms with E-state index in [1.54, 1.807) is 6.08 Å². The highest BCUT2D eigenvalue weighted by Crippen LogP contribution is 2.29. The molecule has 1 amide bonds. The Morgan fingerprint density at radius 3 is 2.70 bits per heavy atom. The molecule has 2 aromatic carbocycles. The minimum absolute atomic E-state index is 0.0765. The van der Waals surface area contributed by atoms with Gasteiger partial charge in [-0.15, -0.1) is 0 Å². The van der Waals surface area contributed by atoms with Gasteiger partial charge in [-0.3, -0.25) is 4.79 Å². The minimum atomic E-state index is -0.147. The smallest absolute Gasteiger partial charge is 0.248 e. The number of hydrogen-bond acceptors (Lipinski definition) is 2. The Bertz CT molecular complexity index is 790. The number of nitrogens with one attached hydrogen (secondary N) is 1. The average molecular weight is 305 g/mol. The molecule has 0 aliphatic carbocycles. The Hall–Kier alpha value is -2.81. The van der Waals surface area contributed by atoms with E-state index >= 15 is 0 Å². The molecule has 0 saturated heterocycles. The molecule has 0 spiro atoms. The van der Waals surface area contributed by atoms with Crippen LogP contribution in [0.3, 0.4) is 0 Å². The molecule has 1 aliphatic heterocycles. The van der Waals surface area contributed by atoms with Gasteiger partial charge in [0.15, 0.2) is 0 Å². The van der Waals surface area contributed by atoms with Gasteiger partial charge in [0.1, 0.15) is 11.9 Å². The lowest BCUT2D eigenvalue weighted by atomic mass is 10.0. The average Bonchev–Trinajstić information content (AvgIpc) is 2.55. The number of rotatable bonds is 3. The summed E-state index contributed by atoms with van der Waals surface area (Å²) in [5, 5.41) is 2.89. The van der Waals surface area contributed by atoms with Crippen LogP contribution in [0, 0.1) is 6.92 Å². The molecule has 1 unspecified atom stereocenters. The quantitative estimate of drug-likeness (QED) is 0.856. The molecule has 0 bridgehead atoms. The maximum absolute atomic E-state index is 12.1. The van der Waals surface area contributed by atoms with Crippen molar-refractivity contribution in [3.05, 3.63) is 77.4 Å². The number of benzene rings is 2. The highest BCUT2D eigenvalue weighted by Gasteiger charge is 2.16. The predicted molar refractivity (Wildman–Crippen MR) is 93.5 cm³/mol. The van der Waals surface area contributed by atoms with Crippen LogP contribution in [0.15, 0.2) is 66.3 Å². The summed E-state index contributed by atoms with van der Waals surface area (Å²) in [7, 11) is 0. The van der Waals surface area contributed by atoms with Gasteiger partial charge in [-0.25, -0.2) is 0 Å². The third-order valence-corrected chi connectivity index (χ3v) is 3.84. The van der Waals surface area contributed by atoms with Crippen molar-refractivity contribution in [1.29, 1.82) is 0 Å². The molecule has 3 heteroatoms. The molecule has 23 heavy (non-hydrogen) atoms. The second kappa shape index (κ2) is 6.53. The zero-order chi connectivity index (χ0) is 16.2. The standard InChI is InChI=1S/C20H19NO2/c1-14-7-3-5-9-18(14)21-20(22)12-11-16-13-17-8-4-6-10-19(17)23-15(16)2/h3-13,15H,1-2H3,(H,21,22)/b12-11+. The normalized spacial score (nSPS) is 16.4. The molecule has 2 aromatic rings. The number of carbonyl (C=O) groups is 1. The van der Waals surface area contributed by atoms with Gasteiger partial charge in [0.05, 0.1) is 0 Å². The molecule has 0 radical (unpaired) electrons. The fraction of sp³-hybridized carbons (Fsp3) is 0.150. The fourth-order valence-electron chi connectivity index (χ4n) is 2.51. The van der Waals surface area contributed by atoms with Crippen molar-refractivity contribution in [3.8, 4) is 5.75 Å². The predicted octanol–water partition coefficient (Wildman–Crippen LogP) is 4.35. The zero-order valence-electron chi connectivity index (χ0n) is 13.2. The highest BCUT2D eigenvalue weighted by atomic mass is 16.5. The molecule has 0 aromatic heterocycles. The first-order valence-corrected chi connectivity index (χ1v) is 7.65. The zero-order valence-corrected chi connectivity index (χ0v) is 13.2. The third kappa shape index (κ3) is 3.51. The van der Waals surface area contributed by atoms with Crippen molar-refractivity contribution in [2.45, 2.75) is 20.0 Å². The Morgan fingerprint density at radius 1 is 1.13 bits per heavy atom. The van der Waals surface area contributed by atoms with Crippen LogP contribution in [0.2, 0.25) is 0 Å². The molecule has 1 aliphatic rings. The van der Waals surface area contributed by atoms with E-state index in [1.807, 2.05) is 68.5 Å². The largest absolute Gasteiger partial charge is 0.485 e. The van der Waals surface area contributed by atoms with Crippen molar-refractivity contribution in [3.63, 3.8) is 0 Å². The lowest BCUT2D eigenvalue weighted by molar-refractivity contribution is -0.111. The number of anilines is 1. The van der Waals surface area contributed by atoms with Crippen molar-refractivity contribution in [2.24, 2.45) is 0 Å². The summed E-state index contributed by atoms with van der Waals surface area (Å²) in [4.78, 5) is 12.1. The maximum Gasteiger partial charge on any atom is 0.248 e. The van der Waals surface area contributed by atoms with Crippen LogP contribution in [0.4, 0.5) is 5.69 Å². The molecule has 0 fully saturated rings. The Balaban J connectivity index is 1.74. The lowest BCUT2D eigenvalue weighted by Gasteiger charge is -2.22.